The van der Waals surface area contributed by atoms with E-state index < -0.39 is 46.2 Å². The van der Waals surface area contributed by atoms with Gasteiger partial charge in [-0.3, -0.25) is 0 Å². The molecule has 2 aliphatic carbocycles. The van der Waals surface area contributed by atoms with Crippen molar-refractivity contribution < 1.29 is 65.8 Å². The van der Waals surface area contributed by atoms with Crippen LogP contribution in [-0.4, -0.2) is 80.0 Å². The molecule has 2 aromatic heterocycles. The number of fused-ring (bicyclic) bond motifs is 2. The van der Waals surface area contributed by atoms with Crippen molar-refractivity contribution in [1.29, 1.82) is 0 Å². The number of ether oxygens (including phenoxy) is 10. The summed E-state index contributed by atoms with van der Waals surface area (Å²) in [4.78, 5) is 50.7. The van der Waals surface area contributed by atoms with Crippen LogP contribution in [0.5, 0.6) is 34.5 Å². The molecule has 0 saturated heterocycles. The van der Waals surface area contributed by atoms with Gasteiger partial charge < -0.3 is 56.2 Å². The lowest BCUT2D eigenvalue weighted by atomic mass is 9.49. The van der Waals surface area contributed by atoms with Gasteiger partial charge in [-0.1, -0.05) is 60.7 Å². The van der Waals surface area contributed by atoms with Crippen molar-refractivity contribution in [3.8, 4) is 34.5 Å². The molecule has 8 atom stereocenters. The summed E-state index contributed by atoms with van der Waals surface area (Å²) in [7, 11) is 12.5. The summed E-state index contributed by atoms with van der Waals surface area (Å²) in [6.07, 6.45) is 10.2. The maximum atomic E-state index is 12.9. The molecule has 0 amide bonds. The Morgan fingerprint density at radius 3 is 1.00 bits per heavy atom. The van der Waals surface area contributed by atoms with E-state index in [0.29, 0.717) is 46.0 Å². The van der Waals surface area contributed by atoms with E-state index in [-0.39, 0.29) is 23.7 Å². The number of rotatable bonds is 16. The third-order valence-corrected chi connectivity index (χ3v) is 14.5. The molecule has 0 bridgehead atoms. The van der Waals surface area contributed by atoms with Crippen molar-refractivity contribution in [2.75, 3.05) is 56.9 Å². The Balaban J connectivity index is 0.000000186. The highest BCUT2D eigenvalue weighted by molar-refractivity contribution is 5.86. The zero-order valence-electron chi connectivity index (χ0n) is 43.0. The first-order valence-corrected chi connectivity index (χ1v) is 24.1. The molecule has 2 saturated carbocycles. The molecule has 16 heteroatoms. The summed E-state index contributed by atoms with van der Waals surface area (Å²) in [5, 5.41) is 0. The highest BCUT2D eigenvalue weighted by Crippen LogP contribution is 2.68. The lowest BCUT2D eigenvalue weighted by Crippen LogP contribution is -2.63. The van der Waals surface area contributed by atoms with Crippen LogP contribution in [0.3, 0.4) is 0 Å². The van der Waals surface area contributed by atoms with Gasteiger partial charge in [0, 0.05) is 24.0 Å². The topological polar surface area (TPSA) is 187 Å². The van der Waals surface area contributed by atoms with Crippen LogP contribution in [0, 0.1) is 11.8 Å². The number of esters is 2. The van der Waals surface area contributed by atoms with Crippen molar-refractivity contribution in [2.24, 2.45) is 11.8 Å². The standard InChI is InChI=1S/2C30H28O8/c2*1-33-20-9-5-18(6-10-20)13-14-30-28(23(36-4)17-26(32)38-30)27(19-7-11-21(34-2)12-8-19)29(30)24-15-22(35-3)16-25(31)37-24/h2*5-17,27-29H,1-4H3/b2*14-13+/t2*27-,28+,29+,30+/m10/s1. The first kappa shape index (κ1) is 52.0. The van der Waals surface area contributed by atoms with E-state index in [1.165, 1.54) is 52.7 Å². The first-order chi connectivity index (χ1) is 36.8. The monoisotopic (exact) mass is 1030 g/mol. The minimum Gasteiger partial charge on any atom is -0.500 e. The maximum Gasteiger partial charge on any atom is 0.339 e. The molecular weight excluding hydrogens is 977 g/mol. The molecule has 0 radical (unpaired) electrons. The molecule has 0 N–H and O–H groups in total. The van der Waals surface area contributed by atoms with Crippen LogP contribution in [0.1, 0.15) is 57.4 Å². The summed E-state index contributed by atoms with van der Waals surface area (Å²) in [6.45, 7) is 0. The van der Waals surface area contributed by atoms with Gasteiger partial charge >= 0.3 is 23.2 Å². The maximum absolute atomic E-state index is 12.9. The average Bonchev–Trinajstić information content (AvgIpc) is 3.53. The molecule has 0 spiro atoms. The van der Waals surface area contributed by atoms with Gasteiger partial charge in [-0.15, -0.1) is 0 Å². The number of hydrogen-bond acceptors (Lipinski definition) is 16. The SMILES string of the molecule is COC1=CC(=O)O[C@@]2(/C=C/c3ccc(OC)cc3)[C@@H]1[C@@H](c1ccc(OC)cc1)[C@@H]2c1cc(OC)cc(=O)o1.COC1=CC(=O)O[C@]2(/C=C/c3ccc(OC)cc3)[C@H]1[C@H](c1ccc(OC)cc1)[C@H]2c1cc(OC)cc(=O)o1. The quantitative estimate of drug-likeness (QED) is 0.0834. The summed E-state index contributed by atoms with van der Waals surface area (Å²) in [5.74, 6) is 1.79. The van der Waals surface area contributed by atoms with Gasteiger partial charge in [-0.2, -0.15) is 0 Å². The summed E-state index contributed by atoms with van der Waals surface area (Å²) in [5.41, 5.74) is 0.143. The predicted molar refractivity (Wildman–Crippen MR) is 279 cm³/mol. The van der Waals surface area contributed by atoms with Gasteiger partial charge in [0.25, 0.3) is 0 Å². The second-order valence-electron chi connectivity index (χ2n) is 18.2. The highest BCUT2D eigenvalue weighted by Gasteiger charge is 2.70. The molecule has 10 rings (SSSR count). The normalized spacial score (nSPS) is 24.1. The average molecular weight is 1030 g/mol. The molecule has 392 valence electrons. The molecule has 4 aromatic carbocycles. The number of carbonyl (C=O) groups is 2. The van der Waals surface area contributed by atoms with Crippen molar-refractivity contribution in [1.82, 2.24) is 0 Å². The number of benzene rings is 4. The van der Waals surface area contributed by atoms with E-state index in [1.54, 1.807) is 40.6 Å². The van der Waals surface area contributed by atoms with Crippen molar-refractivity contribution in [2.45, 2.75) is 34.9 Å². The van der Waals surface area contributed by atoms with Crippen LogP contribution in [0.2, 0.25) is 0 Å². The number of methoxy groups -OCH3 is 8. The van der Waals surface area contributed by atoms with Crippen LogP contribution in [0.4, 0.5) is 0 Å². The minimum absolute atomic E-state index is 0.254. The Kier molecular flexibility index (Phi) is 15.0. The van der Waals surface area contributed by atoms with E-state index >= 15 is 0 Å². The highest BCUT2D eigenvalue weighted by atomic mass is 16.6. The number of carbonyl (C=O) groups excluding carboxylic acids is 2. The fourth-order valence-electron chi connectivity index (χ4n) is 11.0. The Labute approximate surface area is 438 Å². The minimum atomic E-state index is -1.19. The number of hydrogen-bond donors (Lipinski definition) is 0. The van der Waals surface area contributed by atoms with E-state index in [2.05, 4.69) is 0 Å². The fraction of sp³-hybridized carbons (Fsp3) is 0.267. The smallest absolute Gasteiger partial charge is 0.339 e. The Morgan fingerprint density at radius 1 is 0.382 bits per heavy atom. The van der Waals surface area contributed by atoms with Crippen LogP contribution < -0.4 is 39.7 Å². The molecule has 4 aliphatic rings. The van der Waals surface area contributed by atoms with Crippen molar-refractivity contribution in [3.63, 3.8) is 0 Å². The van der Waals surface area contributed by atoms with Crippen molar-refractivity contribution in [3.05, 3.63) is 212 Å². The van der Waals surface area contributed by atoms with Gasteiger partial charge in [-0.05, 0) is 82.9 Å². The molecule has 6 aromatic rings. The third kappa shape index (κ3) is 9.81. The second-order valence-corrected chi connectivity index (χ2v) is 18.2. The van der Waals surface area contributed by atoms with Crippen LogP contribution in [-0.2, 0) is 28.5 Å². The van der Waals surface area contributed by atoms with E-state index in [0.717, 1.165) is 33.8 Å². The summed E-state index contributed by atoms with van der Waals surface area (Å²) >= 11 is 0. The zero-order valence-corrected chi connectivity index (χ0v) is 43.0. The van der Waals surface area contributed by atoms with Gasteiger partial charge in [0.2, 0.25) is 0 Å². The van der Waals surface area contributed by atoms with Gasteiger partial charge in [-0.25, -0.2) is 19.2 Å². The lowest BCUT2D eigenvalue weighted by molar-refractivity contribution is -0.183. The van der Waals surface area contributed by atoms with Crippen LogP contribution in [0.25, 0.3) is 12.2 Å². The Bertz CT molecular complexity index is 3090. The van der Waals surface area contributed by atoms with E-state index in [4.69, 9.17) is 56.2 Å². The van der Waals surface area contributed by atoms with E-state index in [9.17, 15) is 19.2 Å². The third-order valence-electron chi connectivity index (χ3n) is 14.5. The van der Waals surface area contributed by atoms with Gasteiger partial charge in [0.1, 0.15) is 57.5 Å². The molecule has 2 fully saturated rings. The largest absolute Gasteiger partial charge is 0.500 e. The molecular formula is C60H56O16. The van der Waals surface area contributed by atoms with Gasteiger partial charge in [0.15, 0.2) is 11.2 Å². The molecule has 16 nitrogen and oxygen atoms in total. The fourth-order valence-corrected chi connectivity index (χ4v) is 11.0. The Hall–Kier alpha value is -8.92. The summed E-state index contributed by atoms with van der Waals surface area (Å²) < 4.78 is 67.0. The predicted octanol–water partition coefficient (Wildman–Crippen LogP) is 9.40. The molecule has 2 aliphatic heterocycles. The molecule has 76 heavy (non-hydrogen) atoms. The van der Waals surface area contributed by atoms with Crippen molar-refractivity contribution >= 4 is 24.1 Å². The zero-order chi connectivity index (χ0) is 53.7. The second kappa shape index (κ2) is 21.9. The van der Waals surface area contributed by atoms with Crippen LogP contribution in [0.15, 0.2) is 176 Å². The first-order valence-electron chi connectivity index (χ1n) is 24.1. The molecule has 4 heterocycles. The molecule has 0 unspecified atom stereocenters. The lowest BCUT2D eigenvalue weighted by Gasteiger charge is -2.59. The van der Waals surface area contributed by atoms with Gasteiger partial charge in [0.05, 0.1) is 105 Å². The van der Waals surface area contributed by atoms with E-state index in [1.807, 2.05) is 121 Å². The summed E-state index contributed by atoms with van der Waals surface area (Å²) in [6, 6.07) is 36.2. The Morgan fingerprint density at radius 2 is 0.697 bits per heavy atom. The van der Waals surface area contributed by atoms with Crippen LogP contribution >= 0.6 is 0 Å².